The topological polar surface area (TPSA) is 67.2 Å². The molecule has 0 bridgehead atoms. The summed E-state index contributed by atoms with van der Waals surface area (Å²) in [6.45, 7) is 1.79. The van der Waals surface area contributed by atoms with Crippen molar-refractivity contribution in [2.45, 2.75) is 26.0 Å². The van der Waals surface area contributed by atoms with Gasteiger partial charge >= 0.3 is 5.97 Å². The van der Waals surface area contributed by atoms with Gasteiger partial charge in [-0.05, 0) is 13.3 Å². The zero-order valence-corrected chi connectivity index (χ0v) is 8.16. The molecule has 1 fully saturated rings. The molecule has 0 radical (unpaired) electrons. The minimum absolute atomic E-state index is 0.152. The molecule has 5 heteroatoms. The summed E-state index contributed by atoms with van der Waals surface area (Å²) in [6, 6.07) is 0. The van der Waals surface area contributed by atoms with Crippen LogP contribution in [0.1, 0.15) is 13.3 Å². The predicted molar refractivity (Wildman–Crippen MR) is 50.7 cm³/mol. The molecule has 0 aromatic carbocycles. The number of ketones is 1. The Balaban J connectivity index is 2.54. The van der Waals surface area contributed by atoms with Crippen LogP contribution in [0, 0.1) is 17.1 Å². The summed E-state index contributed by atoms with van der Waals surface area (Å²) in [4.78, 5) is 22.7. The van der Waals surface area contributed by atoms with Gasteiger partial charge in [-0.2, -0.15) is 0 Å². The van der Waals surface area contributed by atoms with E-state index >= 15 is 0 Å². The van der Waals surface area contributed by atoms with Gasteiger partial charge in [0.25, 0.3) is 6.71 Å². The fourth-order valence-corrected chi connectivity index (χ4v) is 1.62. The van der Waals surface area contributed by atoms with Gasteiger partial charge in [-0.15, -0.1) is 0 Å². The van der Waals surface area contributed by atoms with Crippen molar-refractivity contribution in [2.75, 3.05) is 6.61 Å². The lowest BCUT2D eigenvalue weighted by Gasteiger charge is -2.19. The molecule has 1 heterocycles. The number of hydrogen-bond donors (Lipinski definition) is 0. The van der Waals surface area contributed by atoms with Gasteiger partial charge in [0.05, 0.1) is 6.61 Å². The van der Waals surface area contributed by atoms with Crippen molar-refractivity contribution in [3.8, 4) is 5.97 Å². The van der Waals surface area contributed by atoms with E-state index in [4.69, 9.17) is 10.00 Å². The third-order valence-electron chi connectivity index (χ3n) is 2.39. The Morgan fingerprint density at radius 1 is 1.79 bits per heavy atom. The molecule has 1 aliphatic rings. The quantitative estimate of drug-likeness (QED) is 0.367. The van der Waals surface area contributed by atoms with E-state index in [9.17, 15) is 9.59 Å². The van der Waals surface area contributed by atoms with Gasteiger partial charge in [0.15, 0.2) is 0 Å². The average molecular weight is 193 g/mol. The van der Waals surface area contributed by atoms with Crippen LogP contribution in [-0.4, -0.2) is 25.1 Å². The molecule has 0 aromatic rings. The Morgan fingerprint density at radius 3 is 3.00 bits per heavy atom. The second-order valence-electron chi connectivity index (χ2n) is 3.38. The largest absolute Gasteiger partial charge is 0.465 e. The second-order valence-corrected chi connectivity index (χ2v) is 3.38. The smallest absolute Gasteiger partial charge is 0.316 e. The lowest BCUT2D eigenvalue weighted by Crippen LogP contribution is -2.34. The minimum atomic E-state index is -0.625. The molecule has 1 aliphatic heterocycles. The molecule has 0 amide bonds. The molecule has 0 aromatic heterocycles. The normalized spacial score (nSPS) is 21.6. The van der Waals surface area contributed by atoms with E-state index in [0.29, 0.717) is 19.3 Å². The van der Waals surface area contributed by atoms with Gasteiger partial charge in [0.1, 0.15) is 11.7 Å². The van der Waals surface area contributed by atoms with Crippen molar-refractivity contribution in [3.63, 3.8) is 0 Å². The van der Waals surface area contributed by atoms with Gasteiger partial charge in [-0.3, -0.25) is 9.59 Å². The summed E-state index contributed by atoms with van der Waals surface area (Å²) >= 11 is 0. The third kappa shape index (κ3) is 2.35. The number of Topliss-reactive ketones (excluding diaryl/α,β-unsaturated/α-hetero) is 1. The van der Waals surface area contributed by atoms with Crippen molar-refractivity contribution in [1.82, 2.24) is 0 Å². The molecule has 14 heavy (non-hydrogen) atoms. The molecule has 74 valence electrons. The zero-order valence-electron chi connectivity index (χ0n) is 8.16. The maximum absolute atomic E-state index is 11.4. The first-order valence-electron chi connectivity index (χ1n) is 4.78. The standard InChI is InChI=1S/C9H12BNO3/c1-2-14-9(13)7-3-4-10(6-11)5-8(7)12/h7H,2-5H2,1H3. The molecule has 0 N–H and O–H groups in total. The van der Waals surface area contributed by atoms with Crippen molar-refractivity contribution in [1.29, 1.82) is 5.26 Å². The van der Waals surface area contributed by atoms with E-state index in [1.807, 2.05) is 0 Å². The maximum Gasteiger partial charge on any atom is 0.316 e. The fourth-order valence-electron chi connectivity index (χ4n) is 1.62. The number of ether oxygens (including phenoxy) is 1. The van der Waals surface area contributed by atoms with Crippen LogP contribution in [0.15, 0.2) is 0 Å². The molecule has 0 saturated carbocycles. The number of hydrogen-bond acceptors (Lipinski definition) is 4. The molecular weight excluding hydrogens is 181 g/mol. The van der Waals surface area contributed by atoms with Crippen LogP contribution in [-0.2, 0) is 14.3 Å². The number of rotatable bonds is 2. The molecule has 4 nitrogen and oxygen atoms in total. The van der Waals surface area contributed by atoms with Crippen LogP contribution in [0.25, 0.3) is 0 Å². The number of esters is 1. The highest BCUT2D eigenvalue weighted by Gasteiger charge is 2.36. The lowest BCUT2D eigenvalue weighted by molar-refractivity contribution is -0.151. The fraction of sp³-hybridized carbons (Fsp3) is 0.667. The Labute approximate surface area is 83.3 Å². The lowest BCUT2D eigenvalue weighted by atomic mass is 9.41. The summed E-state index contributed by atoms with van der Waals surface area (Å²) in [5, 5.41) is 8.62. The third-order valence-corrected chi connectivity index (χ3v) is 2.39. The molecule has 1 atom stereocenters. The van der Waals surface area contributed by atoms with E-state index in [-0.39, 0.29) is 18.8 Å². The van der Waals surface area contributed by atoms with Crippen molar-refractivity contribution < 1.29 is 14.3 Å². The van der Waals surface area contributed by atoms with Crippen LogP contribution in [0.3, 0.4) is 0 Å². The summed E-state index contributed by atoms with van der Waals surface area (Å²) in [5.41, 5.74) is 0. The van der Waals surface area contributed by atoms with Crippen LogP contribution in [0.4, 0.5) is 0 Å². The Hall–Kier alpha value is -1.31. The number of carbonyl (C=O) groups excluding carboxylic acids is 2. The van der Waals surface area contributed by atoms with Crippen LogP contribution in [0.5, 0.6) is 0 Å². The van der Waals surface area contributed by atoms with Gasteiger partial charge in [0.2, 0.25) is 0 Å². The highest BCUT2D eigenvalue weighted by atomic mass is 16.5. The number of nitrogens with zero attached hydrogens (tertiary/aromatic N) is 1. The van der Waals surface area contributed by atoms with Gasteiger partial charge < -0.3 is 4.74 Å². The highest BCUT2D eigenvalue weighted by molar-refractivity contribution is 6.70. The van der Waals surface area contributed by atoms with Crippen molar-refractivity contribution >= 4 is 18.5 Å². The molecular formula is C9H12BNO3. The van der Waals surface area contributed by atoms with E-state index in [2.05, 4.69) is 5.97 Å². The highest BCUT2D eigenvalue weighted by Crippen LogP contribution is 2.22. The summed E-state index contributed by atoms with van der Waals surface area (Å²) in [6.07, 6.45) is 1.27. The first kappa shape index (κ1) is 10.8. The van der Waals surface area contributed by atoms with E-state index in [0.717, 1.165) is 0 Å². The minimum Gasteiger partial charge on any atom is -0.465 e. The predicted octanol–water partition coefficient (Wildman–Crippen LogP) is 0.696. The molecule has 1 saturated heterocycles. The van der Waals surface area contributed by atoms with Crippen molar-refractivity contribution in [2.24, 2.45) is 5.92 Å². The monoisotopic (exact) mass is 193 g/mol. The molecule has 1 rings (SSSR count). The van der Waals surface area contributed by atoms with Crippen LogP contribution >= 0.6 is 0 Å². The van der Waals surface area contributed by atoms with Gasteiger partial charge in [-0.1, -0.05) is 6.32 Å². The van der Waals surface area contributed by atoms with Crippen LogP contribution in [0.2, 0.25) is 12.6 Å². The van der Waals surface area contributed by atoms with E-state index in [1.165, 1.54) is 0 Å². The second kappa shape index (κ2) is 4.80. The Bertz CT molecular complexity index is 284. The van der Waals surface area contributed by atoms with E-state index < -0.39 is 11.9 Å². The summed E-state index contributed by atoms with van der Waals surface area (Å²) in [7, 11) is 0. The van der Waals surface area contributed by atoms with E-state index in [1.54, 1.807) is 6.92 Å². The number of carbonyl (C=O) groups is 2. The average Bonchev–Trinajstić information content (AvgIpc) is 2.17. The maximum atomic E-state index is 11.4. The zero-order chi connectivity index (χ0) is 10.6. The van der Waals surface area contributed by atoms with Gasteiger partial charge in [0, 0.05) is 12.3 Å². The summed E-state index contributed by atoms with van der Waals surface area (Å²) in [5.74, 6) is 0.840. The molecule has 1 unspecified atom stereocenters. The molecule has 0 spiro atoms. The van der Waals surface area contributed by atoms with Gasteiger partial charge in [-0.25, -0.2) is 5.26 Å². The summed E-state index contributed by atoms with van der Waals surface area (Å²) < 4.78 is 4.78. The number of nitriles is 1. The first-order valence-corrected chi connectivity index (χ1v) is 4.78. The SMILES string of the molecule is CCOC(=O)C1CCB(C#N)CC1=O. The Kier molecular flexibility index (Phi) is 3.69. The Morgan fingerprint density at radius 2 is 2.50 bits per heavy atom. The van der Waals surface area contributed by atoms with Crippen molar-refractivity contribution in [3.05, 3.63) is 0 Å². The molecule has 0 aliphatic carbocycles. The first-order chi connectivity index (χ1) is 6.69. The van der Waals surface area contributed by atoms with Crippen LogP contribution < -0.4 is 0 Å².